The lowest BCUT2D eigenvalue weighted by atomic mass is 10.1. The first-order valence-electron chi connectivity index (χ1n) is 7.62. The van der Waals surface area contributed by atoms with Crippen molar-refractivity contribution in [2.45, 2.75) is 31.7 Å². The zero-order chi connectivity index (χ0) is 16.4. The summed E-state index contributed by atoms with van der Waals surface area (Å²) in [5, 5.41) is 5.22. The van der Waals surface area contributed by atoms with Crippen molar-refractivity contribution in [1.29, 1.82) is 0 Å². The van der Waals surface area contributed by atoms with E-state index in [1.165, 1.54) is 27.5 Å². The van der Waals surface area contributed by atoms with Crippen molar-refractivity contribution in [3.8, 4) is 0 Å². The summed E-state index contributed by atoms with van der Waals surface area (Å²) in [5.74, 6) is 1.15. The molecule has 1 saturated heterocycles. The second kappa shape index (κ2) is 8.33. The minimum atomic E-state index is -0.0669. The van der Waals surface area contributed by atoms with E-state index < -0.39 is 0 Å². The van der Waals surface area contributed by atoms with Crippen LogP contribution in [0.5, 0.6) is 0 Å². The van der Waals surface area contributed by atoms with Crippen LogP contribution in [0.15, 0.2) is 22.4 Å². The lowest BCUT2D eigenvalue weighted by Gasteiger charge is -2.38. The SMILES string of the molecule is CC1NCCN(C(=O)CSCc2cc(=O)n3ccsc3n2)C1C.Cl. The normalized spacial score (nSPS) is 20.8. The lowest BCUT2D eigenvalue weighted by Crippen LogP contribution is -2.57. The van der Waals surface area contributed by atoms with Gasteiger partial charge in [-0.2, -0.15) is 0 Å². The molecule has 6 nitrogen and oxygen atoms in total. The number of halogens is 1. The molecule has 2 atom stereocenters. The zero-order valence-corrected chi connectivity index (χ0v) is 16.0. The van der Waals surface area contributed by atoms with Gasteiger partial charge in [0.05, 0.1) is 11.4 Å². The molecule has 132 valence electrons. The minimum Gasteiger partial charge on any atom is -0.336 e. The molecule has 0 radical (unpaired) electrons. The highest BCUT2D eigenvalue weighted by molar-refractivity contribution is 7.99. The van der Waals surface area contributed by atoms with E-state index >= 15 is 0 Å². The molecule has 0 aliphatic carbocycles. The smallest absolute Gasteiger partial charge is 0.258 e. The van der Waals surface area contributed by atoms with Crippen LogP contribution in [-0.2, 0) is 10.5 Å². The maximum atomic E-state index is 12.4. The van der Waals surface area contributed by atoms with Crippen LogP contribution in [0, 0.1) is 0 Å². The number of carbonyl (C=O) groups excluding carboxylic acids is 1. The van der Waals surface area contributed by atoms with Gasteiger partial charge in [0.2, 0.25) is 5.91 Å². The Morgan fingerprint density at radius 1 is 1.50 bits per heavy atom. The molecule has 0 saturated carbocycles. The van der Waals surface area contributed by atoms with Gasteiger partial charge in [0.15, 0.2) is 4.96 Å². The van der Waals surface area contributed by atoms with Crippen LogP contribution in [0.3, 0.4) is 0 Å². The number of rotatable bonds is 4. The Labute approximate surface area is 155 Å². The molecule has 1 amide bonds. The number of nitrogens with one attached hydrogen (secondary N) is 1. The second-order valence-electron chi connectivity index (χ2n) is 5.70. The average Bonchev–Trinajstić information content (AvgIpc) is 2.99. The fraction of sp³-hybridized carbons (Fsp3) is 0.533. The summed E-state index contributed by atoms with van der Waals surface area (Å²) < 4.78 is 1.54. The Hall–Kier alpha value is -1.09. The maximum absolute atomic E-state index is 12.4. The van der Waals surface area contributed by atoms with E-state index in [2.05, 4.69) is 24.1 Å². The number of hydrogen-bond donors (Lipinski definition) is 1. The van der Waals surface area contributed by atoms with Crippen molar-refractivity contribution in [1.82, 2.24) is 19.6 Å². The summed E-state index contributed by atoms with van der Waals surface area (Å²) in [4.78, 5) is 31.4. The number of amides is 1. The topological polar surface area (TPSA) is 66.7 Å². The fourth-order valence-electron chi connectivity index (χ4n) is 2.70. The highest BCUT2D eigenvalue weighted by Crippen LogP contribution is 2.15. The molecule has 1 fully saturated rings. The summed E-state index contributed by atoms with van der Waals surface area (Å²) in [6.45, 7) is 5.78. The molecule has 0 aromatic carbocycles. The highest BCUT2D eigenvalue weighted by Gasteiger charge is 2.27. The van der Waals surface area contributed by atoms with Crippen molar-refractivity contribution in [3.05, 3.63) is 33.7 Å². The van der Waals surface area contributed by atoms with Crippen LogP contribution in [0.25, 0.3) is 4.96 Å². The van der Waals surface area contributed by atoms with Crippen molar-refractivity contribution >= 4 is 46.4 Å². The summed E-state index contributed by atoms with van der Waals surface area (Å²) in [6.07, 6.45) is 1.72. The van der Waals surface area contributed by atoms with E-state index in [-0.39, 0.29) is 29.9 Å². The lowest BCUT2D eigenvalue weighted by molar-refractivity contribution is -0.131. The van der Waals surface area contributed by atoms with Gasteiger partial charge in [0.25, 0.3) is 5.56 Å². The van der Waals surface area contributed by atoms with E-state index in [9.17, 15) is 9.59 Å². The van der Waals surface area contributed by atoms with E-state index in [1.54, 1.807) is 12.3 Å². The van der Waals surface area contributed by atoms with Gasteiger partial charge in [0, 0.05) is 48.6 Å². The molecule has 24 heavy (non-hydrogen) atoms. The molecule has 2 unspecified atom stereocenters. The van der Waals surface area contributed by atoms with E-state index in [0.29, 0.717) is 22.5 Å². The highest BCUT2D eigenvalue weighted by atomic mass is 35.5. The second-order valence-corrected chi connectivity index (χ2v) is 7.56. The Balaban J connectivity index is 0.00000208. The van der Waals surface area contributed by atoms with E-state index in [4.69, 9.17) is 0 Å². The fourth-order valence-corrected chi connectivity index (χ4v) is 4.23. The standard InChI is InChI=1S/C15H20N4O2S2.ClH/c1-10-11(2)18(4-3-16-10)14(21)9-22-8-12-7-13(20)19-5-6-23-15(19)17-12;/h5-7,10-11,16H,3-4,8-9H2,1-2H3;1H. The molecule has 0 spiro atoms. The van der Waals surface area contributed by atoms with Gasteiger partial charge in [-0.05, 0) is 13.8 Å². The Bertz CT molecular complexity index is 763. The Morgan fingerprint density at radius 2 is 2.29 bits per heavy atom. The first-order chi connectivity index (χ1) is 11.1. The van der Waals surface area contributed by atoms with Crippen LogP contribution in [-0.4, -0.2) is 51.1 Å². The number of thioether (sulfide) groups is 1. The molecule has 1 aliphatic rings. The van der Waals surface area contributed by atoms with Crippen LogP contribution < -0.4 is 10.9 Å². The largest absolute Gasteiger partial charge is 0.336 e. The molecule has 2 aromatic heterocycles. The van der Waals surface area contributed by atoms with Gasteiger partial charge in [0.1, 0.15) is 0 Å². The number of thiazole rings is 1. The molecular formula is C15H21ClN4O2S2. The number of carbonyl (C=O) groups is 1. The minimum absolute atomic E-state index is 0. The number of piperazine rings is 1. The quantitative estimate of drug-likeness (QED) is 0.862. The average molecular weight is 389 g/mol. The molecule has 3 rings (SSSR count). The number of hydrogen-bond acceptors (Lipinski definition) is 6. The van der Waals surface area contributed by atoms with Gasteiger partial charge in [-0.1, -0.05) is 0 Å². The van der Waals surface area contributed by atoms with Crippen LogP contribution in [0.1, 0.15) is 19.5 Å². The van der Waals surface area contributed by atoms with E-state index in [0.717, 1.165) is 18.8 Å². The Morgan fingerprint density at radius 3 is 3.08 bits per heavy atom. The third-order valence-corrected chi connectivity index (χ3v) is 5.89. The molecule has 0 bridgehead atoms. The summed E-state index contributed by atoms with van der Waals surface area (Å²) in [5.41, 5.74) is 0.666. The van der Waals surface area contributed by atoms with Crippen molar-refractivity contribution in [2.75, 3.05) is 18.8 Å². The molecule has 1 aliphatic heterocycles. The number of aromatic nitrogens is 2. The molecule has 2 aromatic rings. The molecular weight excluding hydrogens is 368 g/mol. The predicted octanol–water partition coefficient (Wildman–Crippen LogP) is 1.62. The predicted molar refractivity (Wildman–Crippen MR) is 101 cm³/mol. The molecule has 9 heteroatoms. The van der Waals surface area contributed by atoms with Crippen molar-refractivity contribution < 1.29 is 4.79 Å². The first kappa shape index (κ1) is 19.2. The number of fused-ring (bicyclic) bond motifs is 1. The zero-order valence-electron chi connectivity index (χ0n) is 13.6. The number of nitrogens with zero attached hydrogens (tertiary/aromatic N) is 3. The van der Waals surface area contributed by atoms with Gasteiger partial charge in [-0.15, -0.1) is 35.5 Å². The van der Waals surface area contributed by atoms with Gasteiger partial charge >= 0.3 is 0 Å². The summed E-state index contributed by atoms with van der Waals surface area (Å²) in [6, 6.07) is 2.08. The summed E-state index contributed by atoms with van der Waals surface area (Å²) >= 11 is 2.95. The monoisotopic (exact) mass is 388 g/mol. The Kier molecular flexibility index (Phi) is 6.68. The van der Waals surface area contributed by atoms with Crippen LogP contribution >= 0.6 is 35.5 Å². The van der Waals surface area contributed by atoms with E-state index in [1.807, 2.05) is 10.3 Å². The van der Waals surface area contributed by atoms with Gasteiger partial charge in [-0.25, -0.2) is 4.98 Å². The van der Waals surface area contributed by atoms with Crippen molar-refractivity contribution in [2.24, 2.45) is 0 Å². The third kappa shape index (κ3) is 4.11. The summed E-state index contributed by atoms with van der Waals surface area (Å²) in [7, 11) is 0. The van der Waals surface area contributed by atoms with Crippen molar-refractivity contribution in [3.63, 3.8) is 0 Å². The van der Waals surface area contributed by atoms with Gasteiger partial charge < -0.3 is 10.2 Å². The van der Waals surface area contributed by atoms with Crippen LogP contribution in [0.4, 0.5) is 0 Å². The first-order valence-corrected chi connectivity index (χ1v) is 9.66. The molecule has 1 N–H and O–H groups in total. The van der Waals surface area contributed by atoms with Crippen LogP contribution in [0.2, 0.25) is 0 Å². The third-order valence-electron chi connectivity index (χ3n) is 4.19. The maximum Gasteiger partial charge on any atom is 0.258 e. The molecule has 3 heterocycles. The van der Waals surface area contributed by atoms with Gasteiger partial charge in [-0.3, -0.25) is 14.0 Å².